The Bertz CT molecular complexity index is 1420. The highest BCUT2D eigenvalue weighted by atomic mass is 35.5. The Kier molecular flexibility index (Phi) is 10.4. The van der Waals surface area contributed by atoms with Crippen LogP contribution in [0, 0.1) is 0 Å². The van der Waals surface area contributed by atoms with Crippen molar-refractivity contribution >= 4 is 41.5 Å². The molecule has 0 aromatic heterocycles. The highest BCUT2D eigenvalue weighted by Crippen LogP contribution is 2.31. The maximum absolute atomic E-state index is 13.5. The van der Waals surface area contributed by atoms with Gasteiger partial charge in [-0.05, 0) is 86.2 Å². The molecule has 8 heteroatoms. The average Bonchev–Trinajstić information content (AvgIpc) is 3.00. The van der Waals surface area contributed by atoms with Crippen molar-refractivity contribution in [3.05, 3.63) is 83.4 Å². The first-order valence-corrected chi connectivity index (χ1v) is 14.8. The van der Waals surface area contributed by atoms with E-state index in [4.69, 9.17) is 0 Å². The van der Waals surface area contributed by atoms with E-state index in [0.29, 0.717) is 43.7 Å². The monoisotopic (exact) mass is 588 g/mol. The summed E-state index contributed by atoms with van der Waals surface area (Å²) >= 11 is 0. The summed E-state index contributed by atoms with van der Waals surface area (Å²) in [7, 11) is 1.78. The molecule has 2 aliphatic rings. The van der Waals surface area contributed by atoms with Gasteiger partial charge in [-0.15, -0.1) is 12.4 Å². The van der Waals surface area contributed by atoms with Gasteiger partial charge in [0.05, 0.1) is 6.04 Å². The number of fused-ring (bicyclic) bond motifs is 1. The lowest BCUT2D eigenvalue weighted by Gasteiger charge is -2.37. The lowest BCUT2D eigenvalue weighted by atomic mass is 9.94. The second kappa shape index (κ2) is 14.0. The average molecular weight is 589 g/mol. The number of rotatable bonds is 8. The Balaban J connectivity index is 0.00000405. The minimum absolute atomic E-state index is 0. The topological polar surface area (TPSA) is 73.0 Å². The van der Waals surface area contributed by atoms with Gasteiger partial charge in [-0.3, -0.25) is 19.3 Å². The summed E-state index contributed by atoms with van der Waals surface area (Å²) in [5, 5.41) is 3.04. The van der Waals surface area contributed by atoms with E-state index in [1.54, 1.807) is 11.9 Å². The Morgan fingerprint density at radius 1 is 0.952 bits per heavy atom. The number of benzene rings is 3. The number of nitrogens with one attached hydrogen (secondary N) is 1. The molecule has 5 rings (SSSR count). The number of likely N-dealkylation sites (N-methyl/N-ethyl adjacent to an activating group) is 1. The number of anilines is 2. The first-order valence-electron chi connectivity index (χ1n) is 14.8. The first kappa shape index (κ1) is 31.3. The second-order valence-corrected chi connectivity index (χ2v) is 11.0. The molecule has 0 spiro atoms. The molecule has 3 amide bonds. The summed E-state index contributed by atoms with van der Waals surface area (Å²) in [6, 6.07) is 21.7. The highest BCUT2D eigenvalue weighted by molar-refractivity contribution is 6.05. The maximum Gasteiger partial charge on any atom is 0.255 e. The number of hydrogen-bond acceptors (Lipinski definition) is 4. The molecule has 1 unspecified atom stereocenters. The Hall–Kier alpha value is -3.68. The van der Waals surface area contributed by atoms with E-state index in [9.17, 15) is 14.4 Å². The molecule has 3 aromatic rings. The predicted octanol–water partition coefficient (Wildman–Crippen LogP) is 6.16. The summed E-state index contributed by atoms with van der Waals surface area (Å²) in [6.07, 6.45) is 4.17. The molecular formula is C34H41ClN4O3. The van der Waals surface area contributed by atoms with Gasteiger partial charge in [-0.2, -0.15) is 0 Å². The van der Waals surface area contributed by atoms with Gasteiger partial charge in [-0.25, -0.2) is 0 Å². The molecule has 42 heavy (non-hydrogen) atoms. The lowest BCUT2D eigenvalue weighted by molar-refractivity contribution is -0.138. The van der Waals surface area contributed by atoms with E-state index in [1.165, 1.54) is 0 Å². The summed E-state index contributed by atoms with van der Waals surface area (Å²) in [4.78, 5) is 45.0. The van der Waals surface area contributed by atoms with Crippen molar-refractivity contribution in [3.63, 3.8) is 0 Å². The number of hydrogen-bond donors (Lipinski definition) is 1. The molecule has 0 radical (unpaired) electrons. The number of amides is 3. The third-order valence-corrected chi connectivity index (χ3v) is 8.49. The van der Waals surface area contributed by atoms with Crippen LogP contribution in [0.5, 0.6) is 0 Å². The van der Waals surface area contributed by atoms with Crippen LogP contribution in [0.15, 0.2) is 66.7 Å². The van der Waals surface area contributed by atoms with E-state index in [1.807, 2.05) is 73.3 Å². The summed E-state index contributed by atoms with van der Waals surface area (Å²) < 4.78 is 0. The summed E-state index contributed by atoms with van der Waals surface area (Å²) in [6.45, 7) is 6.91. The molecule has 0 saturated carbocycles. The van der Waals surface area contributed by atoms with E-state index < -0.39 is 0 Å². The van der Waals surface area contributed by atoms with Gasteiger partial charge in [0.15, 0.2) is 0 Å². The molecule has 1 N–H and O–H groups in total. The fraction of sp³-hybridized carbons (Fsp3) is 0.382. The van der Waals surface area contributed by atoms with Gasteiger partial charge in [0, 0.05) is 50.0 Å². The van der Waals surface area contributed by atoms with E-state index >= 15 is 0 Å². The number of halogens is 1. The van der Waals surface area contributed by atoms with Crippen molar-refractivity contribution in [2.24, 2.45) is 0 Å². The summed E-state index contributed by atoms with van der Waals surface area (Å²) in [5.74, 6) is 0.0725. The van der Waals surface area contributed by atoms with Crippen LogP contribution < -0.4 is 10.2 Å². The number of carbonyl (C=O) groups is 3. The molecule has 0 bridgehead atoms. The number of aryl methyl sites for hydroxylation is 1. The van der Waals surface area contributed by atoms with Crippen molar-refractivity contribution in [1.82, 2.24) is 9.80 Å². The Morgan fingerprint density at radius 3 is 2.45 bits per heavy atom. The fourth-order valence-electron chi connectivity index (χ4n) is 6.10. The zero-order chi connectivity index (χ0) is 28.9. The molecule has 222 valence electrons. The zero-order valence-electron chi connectivity index (χ0n) is 24.8. The zero-order valence-corrected chi connectivity index (χ0v) is 25.6. The molecule has 1 fully saturated rings. The van der Waals surface area contributed by atoms with Crippen molar-refractivity contribution < 1.29 is 14.4 Å². The molecule has 1 saturated heterocycles. The standard InChI is InChI=1S/C34H40N4O3.ClH/c1-4-37(5-2)34(41)30-13-9-10-20-38(30)23-27-21-26(15-18-29(27)24-11-7-6-8-12-24)33(40)35-28-17-14-25-16-19-32(39)36(3)31(25)22-28;/h6-8,11-12,14-15,17-18,21-22,30H,4-5,9-10,13,16,19-20,23H2,1-3H3,(H,35,40);1H. The molecule has 2 heterocycles. The Labute approximate surface area is 255 Å². The SMILES string of the molecule is CCN(CC)C(=O)C1CCCCN1Cc1cc(C(=O)Nc2ccc3c(c2)N(C)C(=O)CC3)ccc1-c1ccccc1.Cl. The second-order valence-electron chi connectivity index (χ2n) is 11.0. The van der Waals surface area contributed by atoms with Crippen LogP contribution in [0.25, 0.3) is 11.1 Å². The third kappa shape index (κ3) is 6.69. The van der Waals surface area contributed by atoms with Gasteiger partial charge < -0.3 is 15.1 Å². The van der Waals surface area contributed by atoms with Gasteiger partial charge in [-0.1, -0.05) is 48.9 Å². The van der Waals surface area contributed by atoms with Gasteiger partial charge >= 0.3 is 0 Å². The lowest BCUT2D eigenvalue weighted by Crippen LogP contribution is -2.50. The van der Waals surface area contributed by atoms with Gasteiger partial charge in [0.1, 0.15) is 0 Å². The third-order valence-electron chi connectivity index (χ3n) is 8.49. The maximum atomic E-state index is 13.5. The van der Waals surface area contributed by atoms with Crippen LogP contribution in [0.2, 0.25) is 0 Å². The Morgan fingerprint density at radius 2 is 1.71 bits per heavy atom. The minimum Gasteiger partial charge on any atom is -0.342 e. The molecule has 3 aromatic carbocycles. The predicted molar refractivity (Wildman–Crippen MR) is 171 cm³/mol. The molecule has 2 aliphatic heterocycles. The van der Waals surface area contributed by atoms with Crippen molar-refractivity contribution in [1.29, 1.82) is 0 Å². The number of likely N-dealkylation sites (tertiary alicyclic amines) is 1. The first-order chi connectivity index (χ1) is 19.9. The van der Waals surface area contributed by atoms with Crippen LogP contribution in [-0.4, -0.2) is 60.2 Å². The number of nitrogens with zero attached hydrogens (tertiary/aromatic N) is 3. The van der Waals surface area contributed by atoms with Crippen LogP contribution in [-0.2, 0) is 22.6 Å². The molecule has 7 nitrogen and oxygen atoms in total. The van der Waals surface area contributed by atoms with E-state index in [0.717, 1.165) is 53.7 Å². The van der Waals surface area contributed by atoms with Crippen LogP contribution in [0.4, 0.5) is 11.4 Å². The van der Waals surface area contributed by atoms with Crippen LogP contribution >= 0.6 is 12.4 Å². The molecule has 1 atom stereocenters. The fourth-order valence-corrected chi connectivity index (χ4v) is 6.10. The van der Waals surface area contributed by atoms with Crippen molar-refractivity contribution in [2.75, 3.05) is 36.9 Å². The van der Waals surface area contributed by atoms with E-state index in [2.05, 4.69) is 22.3 Å². The molecular weight excluding hydrogens is 548 g/mol. The van der Waals surface area contributed by atoms with E-state index in [-0.39, 0.29) is 36.2 Å². The van der Waals surface area contributed by atoms with Crippen LogP contribution in [0.1, 0.15) is 61.0 Å². The quantitative estimate of drug-likeness (QED) is 0.342. The van der Waals surface area contributed by atoms with Gasteiger partial charge in [0.25, 0.3) is 5.91 Å². The van der Waals surface area contributed by atoms with Crippen molar-refractivity contribution in [3.8, 4) is 11.1 Å². The van der Waals surface area contributed by atoms with Crippen LogP contribution in [0.3, 0.4) is 0 Å². The summed E-state index contributed by atoms with van der Waals surface area (Å²) in [5.41, 5.74) is 6.34. The largest absolute Gasteiger partial charge is 0.342 e. The van der Waals surface area contributed by atoms with Gasteiger partial charge in [0.2, 0.25) is 11.8 Å². The number of piperidine rings is 1. The minimum atomic E-state index is -0.204. The molecule has 0 aliphatic carbocycles. The van der Waals surface area contributed by atoms with Crippen molar-refractivity contribution in [2.45, 2.75) is 58.5 Å². The smallest absolute Gasteiger partial charge is 0.255 e. The highest BCUT2D eigenvalue weighted by Gasteiger charge is 2.31. The normalized spacial score (nSPS) is 16.8. The number of carbonyl (C=O) groups excluding carboxylic acids is 3.